The Morgan fingerprint density at radius 2 is 1.93 bits per heavy atom. The molecule has 7 heteroatoms. The van der Waals surface area contributed by atoms with Crippen LogP contribution in [0.3, 0.4) is 0 Å². The van der Waals surface area contributed by atoms with E-state index in [1.165, 1.54) is 17.0 Å². The molecule has 7 nitrogen and oxygen atoms in total. The zero-order valence-corrected chi connectivity index (χ0v) is 16.1. The van der Waals surface area contributed by atoms with Crippen molar-refractivity contribution in [1.29, 1.82) is 0 Å². The van der Waals surface area contributed by atoms with Crippen molar-refractivity contribution in [3.05, 3.63) is 52.7 Å². The van der Waals surface area contributed by atoms with Gasteiger partial charge in [0, 0.05) is 44.0 Å². The number of piperazine rings is 1. The Hall–Kier alpha value is -2.83. The molecule has 1 aliphatic rings. The first-order valence-electron chi connectivity index (χ1n) is 9.21. The van der Waals surface area contributed by atoms with Crippen LogP contribution < -0.4 is 15.2 Å². The van der Waals surface area contributed by atoms with Crippen molar-refractivity contribution in [3.63, 3.8) is 0 Å². The molecule has 27 heavy (non-hydrogen) atoms. The van der Waals surface area contributed by atoms with Gasteiger partial charge in [0.05, 0.1) is 19.1 Å². The number of carbonyl (C=O) groups is 1. The van der Waals surface area contributed by atoms with Crippen LogP contribution in [0.1, 0.15) is 25.5 Å². The van der Waals surface area contributed by atoms with E-state index in [1.54, 1.807) is 12.0 Å². The zero-order chi connectivity index (χ0) is 19.4. The standard InChI is InChI=1S/C20H26N4O3/c1-15(2)18-12-19(25)24(14-21-18)13-20(26)23-9-7-22(8-10-23)16-5-4-6-17(11-16)27-3/h4-6,11-12,14-15H,7-10,13H2,1-3H3. The quantitative estimate of drug-likeness (QED) is 0.802. The van der Waals surface area contributed by atoms with Gasteiger partial charge in [-0.15, -0.1) is 0 Å². The van der Waals surface area contributed by atoms with Crippen LogP contribution in [0.25, 0.3) is 0 Å². The summed E-state index contributed by atoms with van der Waals surface area (Å²) >= 11 is 0. The van der Waals surface area contributed by atoms with Gasteiger partial charge in [-0.25, -0.2) is 4.98 Å². The number of benzene rings is 1. The summed E-state index contributed by atoms with van der Waals surface area (Å²) in [6.07, 6.45) is 1.47. The molecule has 2 heterocycles. The molecule has 0 spiro atoms. The van der Waals surface area contributed by atoms with Crippen LogP contribution in [-0.4, -0.2) is 53.6 Å². The Morgan fingerprint density at radius 1 is 1.19 bits per heavy atom. The molecule has 0 radical (unpaired) electrons. The molecular weight excluding hydrogens is 344 g/mol. The first kappa shape index (κ1) is 18.9. The smallest absolute Gasteiger partial charge is 0.254 e. The fourth-order valence-corrected chi connectivity index (χ4v) is 3.14. The van der Waals surface area contributed by atoms with Crippen molar-refractivity contribution < 1.29 is 9.53 Å². The maximum atomic E-state index is 12.6. The maximum Gasteiger partial charge on any atom is 0.254 e. The first-order chi connectivity index (χ1) is 13.0. The Kier molecular flexibility index (Phi) is 5.78. The van der Waals surface area contributed by atoms with Crippen LogP contribution in [0.4, 0.5) is 5.69 Å². The summed E-state index contributed by atoms with van der Waals surface area (Å²) in [5, 5.41) is 0. The van der Waals surface area contributed by atoms with Gasteiger partial charge in [0.1, 0.15) is 12.3 Å². The van der Waals surface area contributed by atoms with Crippen molar-refractivity contribution in [1.82, 2.24) is 14.5 Å². The Labute approximate surface area is 159 Å². The van der Waals surface area contributed by atoms with Crippen molar-refractivity contribution in [2.24, 2.45) is 0 Å². The number of aromatic nitrogens is 2. The van der Waals surface area contributed by atoms with Gasteiger partial charge < -0.3 is 14.5 Å². The van der Waals surface area contributed by atoms with Crippen LogP contribution >= 0.6 is 0 Å². The highest BCUT2D eigenvalue weighted by Gasteiger charge is 2.22. The second-order valence-corrected chi connectivity index (χ2v) is 7.00. The second kappa shape index (κ2) is 8.24. The molecule has 0 saturated carbocycles. The highest BCUT2D eigenvalue weighted by molar-refractivity contribution is 5.76. The van der Waals surface area contributed by atoms with Crippen LogP contribution in [0.2, 0.25) is 0 Å². The molecule has 0 atom stereocenters. The molecule has 0 N–H and O–H groups in total. The number of amides is 1. The predicted molar refractivity (Wildman–Crippen MR) is 104 cm³/mol. The number of anilines is 1. The number of hydrogen-bond donors (Lipinski definition) is 0. The van der Waals surface area contributed by atoms with E-state index >= 15 is 0 Å². The zero-order valence-electron chi connectivity index (χ0n) is 16.1. The summed E-state index contributed by atoms with van der Waals surface area (Å²) in [6.45, 7) is 6.75. The van der Waals surface area contributed by atoms with Crippen molar-refractivity contribution in [2.45, 2.75) is 26.3 Å². The van der Waals surface area contributed by atoms with Gasteiger partial charge in [0.15, 0.2) is 0 Å². The van der Waals surface area contributed by atoms with E-state index in [-0.39, 0.29) is 23.9 Å². The van der Waals surface area contributed by atoms with Gasteiger partial charge in [-0.3, -0.25) is 14.2 Å². The molecule has 1 aliphatic heterocycles. The largest absolute Gasteiger partial charge is 0.497 e. The van der Waals surface area contributed by atoms with Crippen LogP contribution in [0.5, 0.6) is 5.75 Å². The molecule has 1 saturated heterocycles. The van der Waals surface area contributed by atoms with Gasteiger partial charge in [0.2, 0.25) is 5.91 Å². The maximum absolute atomic E-state index is 12.6. The molecular formula is C20H26N4O3. The third kappa shape index (κ3) is 4.48. The van der Waals surface area contributed by atoms with Gasteiger partial charge in [-0.1, -0.05) is 19.9 Å². The normalized spacial score (nSPS) is 14.5. The van der Waals surface area contributed by atoms with E-state index in [1.807, 2.05) is 38.1 Å². The minimum absolute atomic E-state index is 0.0311. The second-order valence-electron chi connectivity index (χ2n) is 7.00. The lowest BCUT2D eigenvalue weighted by atomic mass is 10.1. The van der Waals surface area contributed by atoms with Crippen LogP contribution in [-0.2, 0) is 11.3 Å². The summed E-state index contributed by atoms with van der Waals surface area (Å²) in [5.41, 5.74) is 1.65. The number of methoxy groups -OCH3 is 1. The molecule has 0 bridgehead atoms. The number of hydrogen-bond acceptors (Lipinski definition) is 5. The van der Waals surface area contributed by atoms with Crippen molar-refractivity contribution in [3.8, 4) is 5.75 Å². The topological polar surface area (TPSA) is 67.7 Å². The molecule has 3 rings (SSSR count). The summed E-state index contributed by atoms with van der Waals surface area (Å²) < 4.78 is 6.65. The molecule has 1 amide bonds. The highest BCUT2D eigenvalue weighted by atomic mass is 16.5. The monoisotopic (exact) mass is 370 g/mol. The summed E-state index contributed by atoms with van der Waals surface area (Å²) in [5.74, 6) is 0.956. The lowest BCUT2D eigenvalue weighted by Crippen LogP contribution is -2.50. The predicted octanol–water partition coefficient (Wildman–Crippen LogP) is 1.72. The Morgan fingerprint density at radius 3 is 2.56 bits per heavy atom. The molecule has 0 aliphatic carbocycles. The average Bonchev–Trinajstić information content (AvgIpc) is 2.69. The number of rotatable bonds is 5. The van der Waals surface area contributed by atoms with Crippen molar-refractivity contribution >= 4 is 11.6 Å². The summed E-state index contributed by atoms with van der Waals surface area (Å²) in [7, 11) is 1.65. The van der Waals surface area contributed by atoms with Gasteiger partial charge >= 0.3 is 0 Å². The van der Waals surface area contributed by atoms with Gasteiger partial charge in [-0.2, -0.15) is 0 Å². The summed E-state index contributed by atoms with van der Waals surface area (Å²) in [4.78, 5) is 33.1. The molecule has 0 unspecified atom stereocenters. The number of carbonyl (C=O) groups excluding carboxylic acids is 1. The molecule has 2 aromatic rings. The Balaban J connectivity index is 1.59. The minimum atomic E-state index is -0.183. The fourth-order valence-electron chi connectivity index (χ4n) is 3.14. The lowest BCUT2D eigenvalue weighted by Gasteiger charge is -2.36. The van der Waals surface area contributed by atoms with Gasteiger partial charge in [-0.05, 0) is 18.1 Å². The van der Waals surface area contributed by atoms with E-state index < -0.39 is 0 Å². The van der Waals surface area contributed by atoms with E-state index in [0.717, 1.165) is 30.2 Å². The first-order valence-corrected chi connectivity index (χ1v) is 9.21. The van der Waals surface area contributed by atoms with Crippen LogP contribution in [0.15, 0.2) is 41.5 Å². The average molecular weight is 370 g/mol. The van der Waals surface area contributed by atoms with E-state index in [2.05, 4.69) is 9.88 Å². The van der Waals surface area contributed by atoms with E-state index in [0.29, 0.717) is 13.1 Å². The lowest BCUT2D eigenvalue weighted by molar-refractivity contribution is -0.132. The molecule has 1 aromatic carbocycles. The minimum Gasteiger partial charge on any atom is -0.497 e. The molecule has 1 fully saturated rings. The van der Waals surface area contributed by atoms with Gasteiger partial charge in [0.25, 0.3) is 5.56 Å². The fraction of sp³-hybridized carbons (Fsp3) is 0.450. The summed E-state index contributed by atoms with van der Waals surface area (Å²) in [6, 6.07) is 9.44. The van der Waals surface area contributed by atoms with Crippen molar-refractivity contribution in [2.75, 3.05) is 38.2 Å². The van der Waals surface area contributed by atoms with E-state index in [4.69, 9.17) is 4.74 Å². The SMILES string of the molecule is COc1cccc(N2CCN(C(=O)Cn3cnc(C(C)C)cc3=O)CC2)c1. The Bertz CT molecular complexity index is 854. The van der Waals surface area contributed by atoms with Crippen LogP contribution in [0, 0.1) is 0 Å². The number of nitrogens with zero attached hydrogens (tertiary/aromatic N) is 4. The van der Waals surface area contributed by atoms with E-state index in [9.17, 15) is 9.59 Å². The number of ether oxygens (including phenoxy) is 1. The molecule has 144 valence electrons. The highest BCUT2D eigenvalue weighted by Crippen LogP contribution is 2.22. The third-order valence-corrected chi connectivity index (χ3v) is 4.85. The molecule has 1 aromatic heterocycles. The third-order valence-electron chi connectivity index (χ3n) is 4.85.